The van der Waals surface area contributed by atoms with Crippen molar-refractivity contribution < 1.29 is 0 Å². The molecule has 3 nitrogen and oxygen atoms in total. The highest BCUT2D eigenvalue weighted by Gasteiger charge is 2.06. The first-order valence-corrected chi connectivity index (χ1v) is 4.27. The van der Waals surface area contributed by atoms with Gasteiger partial charge in [-0.05, 0) is 12.1 Å². The Hall–Kier alpha value is -1.51. The number of anilines is 1. The van der Waals surface area contributed by atoms with Gasteiger partial charge in [-0.25, -0.2) is 4.98 Å². The molecule has 2 rings (SSSR count). The fraction of sp³-hybridized carbons (Fsp3) is 0.300. The van der Waals surface area contributed by atoms with E-state index in [1.807, 2.05) is 38.3 Å². The summed E-state index contributed by atoms with van der Waals surface area (Å²) in [5.74, 6) is 1.02. The lowest BCUT2D eigenvalue weighted by Crippen LogP contribution is -2.11. The summed E-state index contributed by atoms with van der Waals surface area (Å²) in [6.07, 6.45) is 3.90. The van der Waals surface area contributed by atoms with Crippen LogP contribution in [0.15, 0.2) is 24.5 Å². The molecule has 0 aliphatic rings. The van der Waals surface area contributed by atoms with E-state index in [9.17, 15) is 0 Å². The van der Waals surface area contributed by atoms with Gasteiger partial charge in [-0.1, -0.05) is 0 Å². The standard InChI is InChI=1S/C10H13N3/c1-12(2)10-9-8(4-6-11-10)5-7-13(9)3/h4-7H,1-3H3. The normalized spacial score (nSPS) is 10.7. The number of pyridine rings is 1. The van der Waals surface area contributed by atoms with E-state index < -0.39 is 0 Å². The molecule has 0 saturated heterocycles. The lowest BCUT2D eigenvalue weighted by molar-refractivity contribution is 0.953. The smallest absolute Gasteiger partial charge is 0.152 e. The van der Waals surface area contributed by atoms with Crippen LogP contribution in [-0.4, -0.2) is 23.6 Å². The summed E-state index contributed by atoms with van der Waals surface area (Å²) < 4.78 is 2.09. The summed E-state index contributed by atoms with van der Waals surface area (Å²) in [5, 5.41) is 1.24. The van der Waals surface area contributed by atoms with E-state index in [1.54, 1.807) is 0 Å². The van der Waals surface area contributed by atoms with Crippen molar-refractivity contribution in [1.29, 1.82) is 0 Å². The largest absolute Gasteiger partial charge is 0.361 e. The number of aromatic nitrogens is 2. The molecule has 0 amide bonds. The molecule has 0 N–H and O–H groups in total. The van der Waals surface area contributed by atoms with Gasteiger partial charge in [0.2, 0.25) is 0 Å². The number of hydrogen-bond acceptors (Lipinski definition) is 2. The van der Waals surface area contributed by atoms with E-state index in [4.69, 9.17) is 0 Å². The molecule has 68 valence electrons. The van der Waals surface area contributed by atoms with Gasteiger partial charge < -0.3 is 9.47 Å². The zero-order chi connectivity index (χ0) is 9.42. The summed E-state index contributed by atoms with van der Waals surface area (Å²) in [7, 11) is 6.06. The second-order valence-corrected chi connectivity index (χ2v) is 3.39. The molecule has 0 aliphatic heterocycles. The second-order valence-electron chi connectivity index (χ2n) is 3.39. The van der Waals surface area contributed by atoms with Gasteiger partial charge in [0, 0.05) is 38.9 Å². The van der Waals surface area contributed by atoms with Crippen molar-refractivity contribution in [2.75, 3.05) is 19.0 Å². The molecule has 2 aromatic heterocycles. The Labute approximate surface area is 77.6 Å². The molecular formula is C10H13N3. The van der Waals surface area contributed by atoms with Gasteiger partial charge in [-0.2, -0.15) is 0 Å². The third kappa shape index (κ3) is 1.16. The van der Waals surface area contributed by atoms with Gasteiger partial charge in [0.1, 0.15) is 0 Å². The minimum absolute atomic E-state index is 1.02. The number of nitrogens with zero attached hydrogens (tertiary/aromatic N) is 3. The van der Waals surface area contributed by atoms with Crippen LogP contribution in [-0.2, 0) is 7.05 Å². The summed E-state index contributed by atoms with van der Waals surface area (Å²) in [6, 6.07) is 4.13. The molecule has 3 heteroatoms. The van der Waals surface area contributed by atoms with Crippen molar-refractivity contribution in [2.45, 2.75) is 0 Å². The zero-order valence-electron chi connectivity index (χ0n) is 8.15. The molecule has 13 heavy (non-hydrogen) atoms. The van der Waals surface area contributed by atoms with Crippen LogP contribution in [0, 0.1) is 0 Å². The van der Waals surface area contributed by atoms with Crippen molar-refractivity contribution in [3.63, 3.8) is 0 Å². The maximum atomic E-state index is 4.34. The van der Waals surface area contributed by atoms with E-state index in [0.29, 0.717) is 0 Å². The molecule has 2 aromatic rings. The first-order chi connectivity index (χ1) is 6.20. The van der Waals surface area contributed by atoms with Crippen molar-refractivity contribution in [1.82, 2.24) is 9.55 Å². The summed E-state index contributed by atoms with van der Waals surface area (Å²) in [5.41, 5.74) is 1.19. The molecule has 0 aromatic carbocycles. The van der Waals surface area contributed by atoms with Gasteiger partial charge >= 0.3 is 0 Å². The van der Waals surface area contributed by atoms with Crippen molar-refractivity contribution >= 4 is 16.7 Å². The molecule has 0 atom stereocenters. The van der Waals surface area contributed by atoms with Crippen LogP contribution in [0.4, 0.5) is 5.82 Å². The number of hydrogen-bond donors (Lipinski definition) is 0. The highest BCUT2D eigenvalue weighted by Crippen LogP contribution is 2.22. The fourth-order valence-corrected chi connectivity index (χ4v) is 1.55. The topological polar surface area (TPSA) is 21.1 Å². The summed E-state index contributed by atoms with van der Waals surface area (Å²) >= 11 is 0. The van der Waals surface area contributed by atoms with Crippen LogP contribution >= 0.6 is 0 Å². The Morgan fingerprint density at radius 2 is 2.08 bits per heavy atom. The Kier molecular flexibility index (Phi) is 1.72. The average molecular weight is 175 g/mol. The number of aryl methyl sites for hydroxylation is 1. The number of rotatable bonds is 1. The maximum absolute atomic E-state index is 4.34. The molecule has 0 fully saturated rings. The van der Waals surface area contributed by atoms with Crippen LogP contribution in [0.3, 0.4) is 0 Å². The third-order valence-electron chi connectivity index (χ3n) is 2.19. The minimum atomic E-state index is 1.02. The third-order valence-corrected chi connectivity index (χ3v) is 2.19. The van der Waals surface area contributed by atoms with E-state index in [1.165, 1.54) is 10.9 Å². The molecule has 2 heterocycles. The summed E-state index contributed by atoms with van der Waals surface area (Å²) in [4.78, 5) is 6.37. The van der Waals surface area contributed by atoms with E-state index in [-0.39, 0.29) is 0 Å². The van der Waals surface area contributed by atoms with Crippen LogP contribution in [0.2, 0.25) is 0 Å². The van der Waals surface area contributed by atoms with Crippen molar-refractivity contribution in [3.8, 4) is 0 Å². The van der Waals surface area contributed by atoms with Crippen LogP contribution in [0.25, 0.3) is 10.9 Å². The van der Waals surface area contributed by atoms with Crippen LogP contribution < -0.4 is 4.90 Å². The van der Waals surface area contributed by atoms with Gasteiger partial charge in [-0.3, -0.25) is 0 Å². The van der Waals surface area contributed by atoms with Gasteiger partial charge in [0.15, 0.2) is 5.82 Å². The molecule has 0 aliphatic carbocycles. The van der Waals surface area contributed by atoms with Crippen molar-refractivity contribution in [2.24, 2.45) is 7.05 Å². The fourth-order valence-electron chi connectivity index (χ4n) is 1.55. The van der Waals surface area contributed by atoms with Crippen LogP contribution in [0.1, 0.15) is 0 Å². The van der Waals surface area contributed by atoms with Gasteiger partial charge in [0.25, 0.3) is 0 Å². The quantitative estimate of drug-likeness (QED) is 0.657. The highest BCUT2D eigenvalue weighted by molar-refractivity contribution is 5.89. The zero-order valence-corrected chi connectivity index (χ0v) is 8.15. The first-order valence-electron chi connectivity index (χ1n) is 4.27. The molecular weight excluding hydrogens is 162 g/mol. The number of fused-ring (bicyclic) bond motifs is 1. The molecule has 0 unspecified atom stereocenters. The van der Waals surface area contributed by atoms with E-state index >= 15 is 0 Å². The Bertz CT molecular complexity index is 429. The lowest BCUT2D eigenvalue weighted by Gasteiger charge is -2.13. The molecule has 0 bridgehead atoms. The predicted molar refractivity (Wildman–Crippen MR) is 55.0 cm³/mol. The van der Waals surface area contributed by atoms with E-state index in [0.717, 1.165) is 5.82 Å². The van der Waals surface area contributed by atoms with Crippen molar-refractivity contribution in [3.05, 3.63) is 24.5 Å². The average Bonchev–Trinajstić information content (AvgIpc) is 2.48. The van der Waals surface area contributed by atoms with Gasteiger partial charge in [0.05, 0.1) is 5.52 Å². The molecule has 0 radical (unpaired) electrons. The predicted octanol–water partition coefficient (Wildman–Crippen LogP) is 1.64. The maximum Gasteiger partial charge on any atom is 0.152 e. The summed E-state index contributed by atoms with van der Waals surface area (Å²) in [6.45, 7) is 0. The van der Waals surface area contributed by atoms with E-state index in [2.05, 4.69) is 21.8 Å². The Morgan fingerprint density at radius 3 is 2.77 bits per heavy atom. The monoisotopic (exact) mass is 175 g/mol. The molecule has 0 saturated carbocycles. The Balaban J connectivity index is 2.80. The lowest BCUT2D eigenvalue weighted by atomic mass is 10.3. The second kappa shape index (κ2) is 2.76. The Morgan fingerprint density at radius 1 is 1.31 bits per heavy atom. The SMILES string of the molecule is CN(C)c1nccc2ccn(C)c12. The minimum Gasteiger partial charge on any atom is -0.361 e. The highest BCUT2D eigenvalue weighted by atomic mass is 15.2. The van der Waals surface area contributed by atoms with Gasteiger partial charge in [-0.15, -0.1) is 0 Å². The molecule has 0 spiro atoms. The van der Waals surface area contributed by atoms with Crippen LogP contribution in [0.5, 0.6) is 0 Å². The first kappa shape index (κ1) is 8.10.